The molecule has 0 aliphatic rings. The van der Waals surface area contributed by atoms with Crippen LogP contribution in [0.4, 0.5) is 0 Å². The van der Waals surface area contributed by atoms with Gasteiger partial charge in [-0.15, -0.1) is 0 Å². The second-order valence-corrected chi connectivity index (χ2v) is 6.59. The summed E-state index contributed by atoms with van der Waals surface area (Å²) in [5.41, 5.74) is 5.47. The average molecular weight is 362 g/mol. The van der Waals surface area contributed by atoms with Gasteiger partial charge < -0.3 is 14.6 Å². The van der Waals surface area contributed by atoms with E-state index in [0.717, 1.165) is 47.5 Å². The Kier molecular flexibility index (Phi) is 7.03. The monoisotopic (exact) mass is 362 g/mol. The fourth-order valence-electron chi connectivity index (χ4n) is 3.09. The van der Waals surface area contributed by atoms with Crippen LogP contribution in [0.5, 0.6) is 5.75 Å². The standard InChI is InChI=1S/C24H26O3/c1-26-12-6-9-20-13-21(17-25)15-23(14-20)22-10-5-11-24(16-22)27-18-19-7-3-2-4-8-19/h2-5,7-8,10-11,13-16,25H,6,9,12,17-18H2,1H3. The lowest BCUT2D eigenvalue weighted by molar-refractivity contribution is 0.195. The number of ether oxygens (including phenoxy) is 2. The summed E-state index contributed by atoms with van der Waals surface area (Å²) in [5, 5.41) is 9.62. The first kappa shape index (κ1) is 19.2. The maximum absolute atomic E-state index is 9.62. The fourth-order valence-corrected chi connectivity index (χ4v) is 3.09. The maximum Gasteiger partial charge on any atom is 0.120 e. The van der Waals surface area contributed by atoms with Gasteiger partial charge in [0.05, 0.1) is 6.61 Å². The second kappa shape index (κ2) is 9.91. The van der Waals surface area contributed by atoms with Crippen LogP contribution in [0.25, 0.3) is 11.1 Å². The van der Waals surface area contributed by atoms with Crippen LogP contribution in [-0.2, 0) is 24.4 Å². The Balaban J connectivity index is 1.77. The highest BCUT2D eigenvalue weighted by Crippen LogP contribution is 2.27. The molecule has 3 aromatic carbocycles. The van der Waals surface area contributed by atoms with E-state index in [0.29, 0.717) is 6.61 Å². The molecule has 3 nitrogen and oxygen atoms in total. The molecule has 0 aromatic heterocycles. The lowest BCUT2D eigenvalue weighted by atomic mass is 9.98. The van der Waals surface area contributed by atoms with Gasteiger partial charge in [-0.1, -0.05) is 54.6 Å². The van der Waals surface area contributed by atoms with Crippen LogP contribution in [-0.4, -0.2) is 18.8 Å². The summed E-state index contributed by atoms with van der Waals surface area (Å²) in [5.74, 6) is 0.840. The predicted octanol–water partition coefficient (Wildman–Crippen LogP) is 5.00. The number of aliphatic hydroxyl groups excluding tert-OH is 1. The molecule has 3 aromatic rings. The van der Waals surface area contributed by atoms with Gasteiger partial charge in [-0.3, -0.25) is 0 Å². The van der Waals surface area contributed by atoms with Gasteiger partial charge in [0, 0.05) is 13.7 Å². The molecule has 3 heteroatoms. The smallest absolute Gasteiger partial charge is 0.120 e. The molecule has 0 spiro atoms. The van der Waals surface area contributed by atoms with Crippen molar-refractivity contribution < 1.29 is 14.6 Å². The highest BCUT2D eigenvalue weighted by Gasteiger charge is 2.05. The molecular weight excluding hydrogens is 336 g/mol. The first-order valence-electron chi connectivity index (χ1n) is 9.28. The number of hydrogen-bond donors (Lipinski definition) is 1. The van der Waals surface area contributed by atoms with Crippen LogP contribution in [0.15, 0.2) is 72.8 Å². The van der Waals surface area contributed by atoms with E-state index >= 15 is 0 Å². The molecule has 0 unspecified atom stereocenters. The van der Waals surface area contributed by atoms with Crippen LogP contribution in [0.2, 0.25) is 0 Å². The summed E-state index contributed by atoms with van der Waals surface area (Å²) >= 11 is 0. The minimum absolute atomic E-state index is 0.0370. The van der Waals surface area contributed by atoms with E-state index in [1.165, 1.54) is 5.56 Å². The van der Waals surface area contributed by atoms with Crippen molar-refractivity contribution in [2.24, 2.45) is 0 Å². The molecule has 0 heterocycles. The number of methoxy groups -OCH3 is 1. The van der Waals surface area contributed by atoms with Gasteiger partial charge >= 0.3 is 0 Å². The molecule has 0 amide bonds. The Morgan fingerprint density at radius 3 is 2.37 bits per heavy atom. The molecule has 1 N–H and O–H groups in total. The molecule has 27 heavy (non-hydrogen) atoms. The zero-order valence-electron chi connectivity index (χ0n) is 15.7. The van der Waals surface area contributed by atoms with Gasteiger partial charge in [0.1, 0.15) is 12.4 Å². The highest BCUT2D eigenvalue weighted by molar-refractivity contribution is 5.66. The first-order valence-corrected chi connectivity index (χ1v) is 9.28. The van der Waals surface area contributed by atoms with E-state index in [-0.39, 0.29) is 6.61 Å². The molecule has 0 bridgehead atoms. The molecule has 140 valence electrons. The third-order valence-electron chi connectivity index (χ3n) is 4.46. The number of aliphatic hydroxyl groups is 1. The first-order chi connectivity index (χ1) is 13.3. The summed E-state index contributed by atoms with van der Waals surface area (Å²) in [4.78, 5) is 0. The summed E-state index contributed by atoms with van der Waals surface area (Å²) in [6.07, 6.45) is 1.89. The van der Waals surface area contributed by atoms with Crippen LogP contribution in [0.1, 0.15) is 23.1 Å². The lowest BCUT2D eigenvalue weighted by Crippen LogP contribution is -1.96. The summed E-state index contributed by atoms with van der Waals surface area (Å²) in [7, 11) is 1.72. The maximum atomic E-state index is 9.62. The third kappa shape index (κ3) is 5.68. The van der Waals surface area contributed by atoms with Crippen LogP contribution in [0, 0.1) is 0 Å². The summed E-state index contributed by atoms with van der Waals surface area (Å²) in [6, 6.07) is 24.5. The SMILES string of the molecule is COCCCc1cc(CO)cc(-c2cccc(OCc3ccccc3)c2)c1. The van der Waals surface area contributed by atoms with E-state index in [1.54, 1.807) is 7.11 Å². The van der Waals surface area contributed by atoms with E-state index in [9.17, 15) is 5.11 Å². The largest absolute Gasteiger partial charge is 0.489 e. The Hall–Kier alpha value is -2.62. The Labute approximate surface area is 161 Å². The van der Waals surface area contributed by atoms with E-state index < -0.39 is 0 Å². The Morgan fingerprint density at radius 1 is 0.778 bits per heavy atom. The van der Waals surface area contributed by atoms with Crippen molar-refractivity contribution in [3.63, 3.8) is 0 Å². The van der Waals surface area contributed by atoms with E-state index in [1.807, 2.05) is 36.4 Å². The number of rotatable bonds is 9. The van der Waals surface area contributed by atoms with Crippen LogP contribution in [0.3, 0.4) is 0 Å². The predicted molar refractivity (Wildman–Crippen MR) is 109 cm³/mol. The average Bonchev–Trinajstić information content (AvgIpc) is 2.73. The summed E-state index contributed by atoms with van der Waals surface area (Å²) < 4.78 is 11.1. The molecular formula is C24H26O3. The van der Waals surface area contributed by atoms with Crippen molar-refractivity contribution in [3.05, 3.63) is 89.5 Å². The van der Waals surface area contributed by atoms with Crippen molar-refractivity contribution >= 4 is 0 Å². The van der Waals surface area contributed by atoms with Gasteiger partial charge in [-0.05, 0) is 58.9 Å². The molecule has 3 rings (SSSR count). The van der Waals surface area contributed by atoms with Crippen molar-refractivity contribution in [2.45, 2.75) is 26.1 Å². The zero-order chi connectivity index (χ0) is 18.9. The Morgan fingerprint density at radius 2 is 1.59 bits per heavy atom. The van der Waals surface area contributed by atoms with Crippen molar-refractivity contribution in [1.82, 2.24) is 0 Å². The highest BCUT2D eigenvalue weighted by atomic mass is 16.5. The summed E-state index contributed by atoms with van der Waals surface area (Å²) in [6.45, 7) is 1.32. The topological polar surface area (TPSA) is 38.7 Å². The van der Waals surface area contributed by atoms with Crippen LogP contribution >= 0.6 is 0 Å². The molecule has 0 saturated carbocycles. The number of benzene rings is 3. The van der Waals surface area contributed by atoms with Crippen molar-refractivity contribution in [1.29, 1.82) is 0 Å². The second-order valence-electron chi connectivity index (χ2n) is 6.59. The quantitative estimate of drug-likeness (QED) is 0.544. The van der Waals surface area contributed by atoms with Crippen LogP contribution < -0.4 is 4.74 Å². The van der Waals surface area contributed by atoms with Crippen molar-refractivity contribution in [3.8, 4) is 16.9 Å². The van der Waals surface area contributed by atoms with E-state index in [2.05, 4.69) is 36.4 Å². The van der Waals surface area contributed by atoms with E-state index in [4.69, 9.17) is 9.47 Å². The molecule has 0 fully saturated rings. The lowest BCUT2D eigenvalue weighted by Gasteiger charge is -2.11. The van der Waals surface area contributed by atoms with Gasteiger partial charge in [-0.25, -0.2) is 0 Å². The normalized spacial score (nSPS) is 10.7. The molecule has 0 radical (unpaired) electrons. The molecule has 0 aliphatic heterocycles. The third-order valence-corrected chi connectivity index (χ3v) is 4.46. The fraction of sp³-hybridized carbons (Fsp3) is 0.250. The minimum Gasteiger partial charge on any atom is -0.489 e. The number of hydrogen-bond acceptors (Lipinski definition) is 3. The minimum atomic E-state index is 0.0370. The van der Waals surface area contributed by atoms with Gasteiger partial charge in [0.25, 0.3) is 0 Å². The zero-order valence-corrected chi connectivity index (χ0v) is 15.7. The van der Waals surface area contributed by atoms with Gasteiger partial charge in [0.15, 0.2) is 0 Å². The van der Waals surface area contributed by atoms with Gasteiger partial charge in [-0.2, -0.15) is 0 Å². The molecule has 0 aliphatic carbocycles. The van der Waals surface area contributed by atoms with Gasteiger partial charge in [0.2, 0.25) is 0 Å². The molecule has 0 atom stereocenters. The molecule has 0 saturated heterocycles. The number of aryl methyl sites for hydroxylation is 1. The Bertz CT molecular complexity index is 843. The van der Waals surface area contributed by atoms with Crippen molar-refractivity contribution in [2.75, 3.05) is 13.7 Å².